The fourth-order valence-electron chi connectivity index (χ4n) is 1.78. The highest BCUT2D eigenvalue weighted by Crippen LogP contribution is 2.11. The second-order valence-corrected chi connectivity index (χ2v) is 4.69. The average molecular weight is 405 g/mol. The Hall–Kier alpha value is -0.980. The molecule has 0 aliphatic rings. The van der Waals surface area contributed by atoms with Crippen molar-refractivity contribution in [1.82, 2.24) is 10.6 Å². The fraction of sp³-hybridized carbons (Fsp3) is 0.562. The van der Waals surface area contributed by atoms with E-state index in [1.165, 1.54) is 6.42 Å². The highest BCUT2D eigenvalue weighted by Gasteiger charge is 2.08. The number of unbranched alkanes of at least 4 members (excludes halogenated alkanes) is 1. The summed E-state index contributed by atoms with van der Waals surface area (Å²) >= 11 is 0. The van der Waals surface area contributed by atoms with E-state index in [1.807, 2.05) is 30.3 Å². The van der Waals surface area contributed by atoms with E-state index >= 15 is 0 Å². The zero-order valence-corrected chi connectivity index (χ0v) is 15.6. The lowest BCUT2D eigenvalue weighted by Gasteiger charge is -2.19. The van der Waals surface area contributed by atoms with Crippen molar-refractivity contribution in [2.75, 3.05) is 20.1 Å². The number of nitrogens with one attached hydrogen (secondary N) is 2. The quantitative estimate of drug-likeness (QED) is 0.302. The minimum Gasteiger partial charge on any atom is -0.489 e. The Morgan fingerprint density at radius 2 is 1.90 bits per heavy atom. The maximum atomic E-state index is 5.94. The smallest absolute Gasteiger partial charge is 0.191 e. The first kappa shape index (κ1) is 20.0. The van der Waals surface area contributed by atoms with Crippen LogP contribution in [0.2, 0.25) is 0 Å². The summed E-state index contributed by atoms with van der Waals surface area (Å²) in [6, 6.07) is 9.93. The summed E-state index contributed by atoms with van der Waals surface area (Å²) in [5.74, 6) is 1.75. The van der Waals surface area contributed by atoms with E-state index in [0.29, 0.717) is 0 Å². The van der Waals surface area contributed by atoms with E-state index in [2.05, 4.69) is 29.5 Å². The van der Waals surface area contributed by atoms with Crippen molar-refractivity contribution in [1.29, 1.82) is 0 Å². The number of para-hydroxylation sites is 1. The summed E-state index contributed by atoms with van der Waals surface area (Å²) in [6.45, 7) is 6.00. The van der Waals surface area contributed by atoms with Crippen LogP contribution in [0.25, 0.3) is 0 Å². The molecule has 0 fully saturated rings. The molecule has 0 bridgehead atoms. The number of aliphatic imine (C=N–C) groups is 1. The van der Waals surface area contributed by atoms with Crippen LogP contribution in [0.1, 0.15) is 33.1 Å². The van der Waals surface area contributed by atoms with Crippen LogP contribution in [-0.4, -0.2) is 32.2 Å². The molecule has 0 saturated carbocycles. The molecule has 0 amide bonds. The number of benzene rings is 1. The van der Waals surface area contributed by atoms with Gasteiger partial charge in [0.15, 0.2) is 5.96 Å². The minimum atomic E-state index is 0. The lowest BCUT2D eigenvalue weighted by atomic mass is 10.2. The van der Waals surface area contributed by atoms with Crippen molar-refractivity contribution in [2.45, 2.75) is 39.2 Å². The largest absolute Gasteiger partial charge is 0.489 e. The Balaban J connectivity index is 0.00000400. The van der Waals surface area contributed by atoms with Crippen LogP contribution in [0.5, 0.6) is 5.75 Å². The molecule has 0 saturated heterocycles. The highest BCUT2D eigenvalue weighted by atomic mass is 127. The third-order valence-corrected chi connectivity index (χ3v) is 3.04. The number of ether oxygens (including phenoxy) is 1. The second kappa shape index (κ2) is 12.7. The Morgan fingerprint density at radius 3 is 2.48 bits per heavy atom. The molecule has 1 atom stereocenters. The Kier molecular flexibility index (Phi) is 12.1. The number of hydrogen-bond donors (Lipinski definition) is 2. The summed E-state index contributed by atoms with van der Waals surface area (Å²) in [5.41, 5.74) is 0. The Bertz CT molecular complexity index is 384. The van der Waals surface area contributed by atoms with Gasteiger partial charge in [0.2, 0.25) is 0 Å². The topological polar surface area (TPSA) is 45.7 Å². The monoisotopic (exact) mass is 405 g/mol. The van der Waals surface area contributed by atoms with Gasteiger partial charge in [-0.25, -0.2) is 0 Å². The van der Waals surface area contributed by atoms with Crippen molar-refractivity contribution >= 4 is 29.9 Å². The van der Waals surface area contributed by atoms with Gasteiger partial charge in [-0.3, -0.25) is 4.99 Å². The van der Waals surface area contributed by atoms with Gasteiger partial charge in [-0.2, -0.15) is 0 Å². The summed E-state index contributed by atoms with van der Waals surface area (Å²) in [4.78, 5) is 4.21. The maximum absolute atomic E-state index is 5.94. The molecule has 2 N–H and O–H groups in total. The molecule has 4 nitrogen and oxygen atoms in total. The van der Waals surface area contributed by atoms with E-state index in [4.69, 9.17) is 4.74 Å². The molecule has 0 aliphatic carbocycles. The summed E-state index contributed by atoms with van der Waals surface area (Å²) in [5, 5.41) is 6.61. The first-order chi connectivity index (χ1) is 9.80. The lowest BCUT2D eigenvalue weighted by molar-refractivity contribution is 0.199. The predicted octanol–water partition coefficient (Wildman–Crippen LogP) is 3.43. The Labute approximate surface area is 145 Å². The highest BCUT2D eigenvalue weighted by molar-refractivity contribution is 14.0. The first-order valence-corrected chi connectivity index (χ1v) is 7.46. The molecule has 0 aromatic heterocycles. The standard InChI is InChI=1S/C16H27N3O.HI/c1-4-6-12-18-16(17-3)19-13-14(5-2)20-15-10-8-7-9-11-15;/h7-11,14H,4-6,12-13H2,1-3H3,(H2,17,18,19);1H. The predicted molar refractivity (Wildman–Crippen MR) is 101 cm³/mol. The molecule has 21 heavy (non-hydrogen) atoms. The van der Waals surface area contributed by atoms with Crippen molar-refractivity contribution in [3.05, 3.63) is 30.3 Å². The van der Waals surface area contributed by atoms with Crippen LogP contribution in [0.4, 0.5) is 0 Å². The van der Waals surface area contributed by atoms with Gasteiger partial charge in [-0.1, -0.05) is 38.5 Å². The summed E-state index contributed by atoms with van der Waals surface area (Å²) in [7, 11) is 1.79. The molecular weight excluding hydrogens is 377 g/mol. The van der Waals surface area contributed by atoms with E-state index < -0.39 is 0 Å². The van der Waals surface area contributed by atoms with Crippen LogP contribution in [0.3, 0.4) is 0 Å². The van der Waals surface area contributed by atoms with Crippen molar-refractivity contribution in [3.63, 3.8) is 0 Å². The van der Waals surface area contributed by atoms with Gasteiger partial charge in [0.25, 0.3) is 0 Å². The molecule has 1 aromatic rings. The second-order valence-electron chi connectivity index (χ2n) is 4.69. The minimum absolute atomic E-state index is 0. The number of guanidine groups is 1. The maximum Gasteiger partial charge on any atom is 0.191 e. The number of nitrogens with zero attached hydrogens (tertiary/aromatic N) is 1. The molecule has 1 aromatic carbocycles. The van der Waals surface area contributed by atoms with E-state index in [9.17, 15) is 0 Å². The molecule has 0 aliphatic heterocycles. The van der Waals surface area contributed by atoms with Gasteiger partial charge in [0.1, 0.15) is 11.9 Å². The molecular formula is C16H28IN3O. The molecule has 1 rings (SSSR count). The number of hydrogen-bond acceptors (Lipinski definition) is 2. The van der Waals surface area contributed by atoms with Crippen molar-refractivity contribution < 1.29 is 4.74 Å². The Morgan fingerprint density at radius 1 is 1.19 bits per heavy atom. The SMILES string of the molecule is CCCCNC(=NC)NCC(CC)Oc1ccccc1.I. The van der Waals surface area contributed by atoms with Gasteiger partial charge in [-0.15, -0.1) is 24.0 Å². The number of halogens is 1. The normalized spacial score (nSPS) is 12.2. The lowest BCUT2D eigenvalue weighted by Crippen LogP contribution is -2.42. The van der Waals surface area contributed by atoms with Crippen LogP contribution in [0, 0.1) is 0 Å². The molecule has 0 radical (unpaired) electrons. The molecule has 0 heterocycles. The van der Waals surface area contributed by atoms with Crippen molar-refractivity contribution in [2.24, 2.45) is 4.99 Å². The van der Waals surface area contributed by atoms with Gasteiger partial charge in [0, 0.05) is 13.6 Å². The summed E-state index contributed by atoms with van der Waals surface area (Å²) < 4.78 is 5.94. The van der Waals surface area contributed by atoms with E-state index in [-0.39, 0.29) is 30.1 Å². The van der Waals surface area contributed by atoms with Gasteiger partial charge >= 0.3 is 0 Å². The van der Waals surface area contributed by atoms with Crippen LogP contribution >= 0.6 is 24.0 Å². The zero-order chi connectivity index (χ0) is 14.6. The van der Waals surface area contributed by atoms with E-state index in [1.54, 1.807) is 7.05 Å². The molecule has 120 valence electrons. The molecule has 5 heteroatoms. The molecule has 0 spiro atoms. The molecule has 1 unspecified atom stereocenters. The van der Waals surface area contributed by atoms with E-state index in [0.717, 1.165) is 37.6 Å². The van der Waals surface area contributed by atoms with Crippen LogP contribution in [-0.2, 0) is 0 Å². The van der Waals surface area contributed by atoms with Gasteiger partial charge < -0.3 is 15.4 Å². The van der Waals surface area contributed by atoms with Crippen LogP contribution in [0.15, 0.2) is 35.3 Å². The average Bonchev–Trinajstić information content (AvgIpc) is 2.50. The van der Waals surface area contributed by atoms with Gasteiger partial charge in [-0.05, 0) is 25.0 Å². The van der Waals surface area contributed by atoms with Gasteiger partial charge in [0.05, 0.1) is 6.54 Å². The van der Waals surface area contributed by atoms with Crippen LogP contribution < -0.4 is 15.4 Å². The third-order valence-electron chi connectivity index (χ3n) is 3.04. The fourth-order valence-corrected chi connectivity index (χ4v) is 1.78. The zero-order valence-electron chi connectivity index (χ0n) is 13.3. The summed E-state index contributed by atoms with van der Waals surface area (Å²) in [6.07, 6.45) is 3.42. The third kappa shape index (κ3) is 8.80. The van der Waals surface area contributed by atoms with Crippen molar-refractivity contribution in [3.8, 4) is 5.75 Å². The first-order valence-electron chi connectivity index (χ1n) is 7.46. The number of rotatable bonds is 8.